The molecule has 3 aromatic rings. The van der Waals surface area contributed by atoms with Crippen molar-refractivity contribution in [3.63, 3.8) is 0 Å². The fourth-order valence-corrected chi connectivity index (χ4v) is 1.81. The van der Waals surface area contributed by atoms with E-state index in [-0.39, 0.29) is 11.5 Å². The molecule has 78 valence electrons. The van der Waals surface area contributed by atoms with E-state index in [9.17, 15) is 10.2 Å². The smallest absolute Gasteiger partial charge is 0.117 e. The lowest BCUT2D eigenvalue weighted by atomic mass is 10.1. The fourth-order valence-electron chi connectivity index (χ4n) is 1.81. The largest absolute Gasteiger partial charge is 0.508 e. The molecule has 0 bridgehead atoms. The monoisotopic (exact) mass is 211 g/mol. The van der Waals surface area contributed by atoms with Crippen molar-refractivity contribution in [1.82, 2.24) is 4.98 Å². The van der Waals surface area contributed by atoms with Crippen molar-refractivity contribution in [2.24, 2.45) is 0 Å². The molecule has 0 aliphatic rings. The zero-order valence-corrected chi connectivity index (χ0v) is 8.38. The van der Waals surface area contributed by atoms with E-state index in [1.54, 1.807) is 36.4 Å². The second kappa shape index (κ2) is 3.10. The van der Waals surface area contributed by atoms with Crippen LogP contribution in [0.2, 0.25) is 0 Å². The number of pyridine rings is 1. The van der Waals surface area contributed by atoms with Gasteiger partial charge in [-0.15, -0.1) is 0 Å². The molecule has 2 aromatic carbocycles. The number of phenolic OH excluding ortho intramolecular Hbond substituents is 2. The minimum Gasteiger partial charge on any atom is -0.508 e. The molecule has 1 aromatic heterocycles. The molecule has 0 aliphatic heterocycles. The summed E-state index contributed by atoms with van der Waals surface area (Å²) in [5, 5.41) is 20.6. The van der Waals surface area contributed by atoms with Gasteiger partial charge in [-0.1, -0.05) is 0 Å². The third kappa shape index (κ3) is 1.34. The lowest BCUT2D eigenvalue weighted by Gasteiger charge is -2.02. The number of benzene rings is 2. The van der Waals surface area contributed by atoms with Crippen LogP contribution in [0.25, 0.3) is 21.8 Å². The minimum absolute atomic E-state index is 0.207. The van der Waals surface area contributed by atoms with E-state index in [1.807, 2.05) is 6.07 Å². The number of hydrogen-bond acceptors (Lipinski definition) is 3. The van der Waals surface area contributed by atoms with Crippen molar-refractivity contribution in [1.29, 1.82) is 0 Å². The maximum absolute atomic E-state index is 9.38. The van der Waals surface area contributed by atoms with Crippen LogP contribution >= 0.6 is 0 Å². The zero-order valence-electron chi connectivity index (χ0n) is 8.38. The van der Waals surface area contributed by atoms with E-state index >= 15 is 0 Å². The summed E-state index contributed by atoms with van der Waals surface area (Å²) in [7, 11) is 0. The topological polar surface area (TPSA) is 53.4 Å². The van der Waals surface area contributed by atoms with E-state index in [4.69, 9.17) is 0 Å². The Morgan fingerprint density at radius 1 is 0.688 bits per heavy atom. The highest BCUT2D eigenvalue weighted by Crippen LogP contribution is 2.25. The molecular weight excluding hydrogens is 202 g/mol. The summed E-state index contributed by atoms with van der Waals surface area (Å²) >= 11 is 0. The Balaban J connectivity index is 2.44. The Labute approximate surface area is 91.6 Å². The number of fused-ring (bicyclic) bond motifs is 2. The first-order valence-corrected chi connectivity index (χ1v) is 4.95. The third-order valence-electron chi connectivity index (χ3n) is 2.58. The van der Waals surface area contributed by atoms with Crippen LogP contribution in [0.3, 0.4) is 0 Å². The van der Waals surface area contributed by atoms with Gasteiger partial charge in [0.1, 0.15) is 11.5 Å². The van der Waals surface area contributed by atoms with Gasteiger partial charge in [0, 0.05) is 16.8 Å². The summed E-state index contributed by atoms with van der Waals surface area (Å²) in [5.41, 5.74) is 1.55. The Morgan fingerprint density at radius 3 is 2.31 bits per heavy atom. The molecule has 3 heteroatoms. The molecule has 0 unspecified atom stereocenters. The number of aromatic nitrogens is 1. The van der Waals surface area contributed by atoms with Crippen LogP contribution in [0.1, 0.15) is 0 Å². The molecule has 2 N–H and O–H groups in total. The summed E-state index contributed by atoms with van der Waals surface area (Å²) in [6, 6.07) is 12.0. The second-order valence-electron chi connectivity index (χ2n) is 3.74. The summed E-state index contributed by atoms with van der Waals surface area (Å²) in [5.74, 6) is 0.436. The van der Waals surface area contributed by atoms with Gasteiger partial charge in [0.2, 0.25) is 0 Å². The van der Waals surface area contributed by atoms with Gasteiger partial charge in [0.15, 0.2) is 0 Å². The van der Waals surface area contributed by atoms with Crippen LogP contribution in [-0.4, -0.2) is 15.2 Å². The van der Waals surface area contributed by atoms with E-state index < -0.39 is 0 Å². The van der Waals surface area contributed by atoms with Gasteiger partial charge in [-0.05, 0) is 36.4 Å². The van der Waals surface area contributed by atoms with E-state index in [2.05, 4.69) is 4.98 Å². The lowest BCUT2D eigenvalue weighted by molar-refractivity contribution is 0.475. The number of aromatic hydroxyl groups is 2. The van der Waals surface area contributed by atoms with Crippen molar-refractivity contribution in [3.8, 4) is 11.5 Å². The summed E-state index contributed by atoms with van der Waals surface area (Å²) < 4.78 is 0. The first-order chi connectivity index (χ1) is 7.72. The van der Waals surface area contributed by atoms with Crippen molar-refractivity contribution in [2.75, 3.05) is 0 Å². The van der Waals surface area contributed by atoms with Crippen LogP contribution < -0.4 is 0 Å². The Kier molecular flexibility index (Phi) is 1.74. The lowest BCUT2D eigenvalue weighted by Crippen LogP contribution is -1.82. The van der Waals surface area contributed by atoms with Crippen LogP contribution in [0.15, 0.2) is 42.5 Å². The van der Waals surface area contributed by atoms with Crippen LogP contribution in [-0.2, 0) is 0 Å². The van der Waals surface area contributed by atoms with Crippen LogP contribution in [0.4, 0.5) is 0 Å². The van der Waals surface area contributed by atoms with Gasteiger partial charge in [0.05, 0.1) is 11.0 Å². The van der Waals surface area contributed by atoms with Gasteiger partial charge < -0.3 is 10.2 Å². The second-order valence-corrected chi connectivity index (χ2v) is 3.74. The molecule has 16 heavy (non-hydrogen) atoms. The summed E-state index contributed by atoms with van der Waals surface area (Å²) in [6.07, 6.45) is 0. The molecule has 0 aliphatic carbocycles. The minimum atomic E-state index is 0.207. The van der Waals surface area contributed by atoms with Crippen LogP contribution in [0, 0.1) is 0 Å². The zero-order chi connectivity index (χ0) is 11.1. The van der Waals surface area contributed by atoms with Gasteiger partial charge >= 0.3 is 0 Å². The maximum Gasteiger partial charge on any atom is 0.117 e. The molecule has 3 nitrogen and oxygen atoms in total. The van der Waals surface area contributed by atoms with Gasteiger partial charge in [-0.2, -0.15) is 0 Å². The SMILES string of the molecule is Oc1ccc2nc3cc(O)ccc3cc2c1. The molecule has 0 amide bonds. The predicted octanol–water partition coefficient (Wildman–Crippen LogP) is 2.80. The molecule has 0 fully saturated rings. The van der Waals surface area contributed by atoms with Gasteiger partial charge in [0.25, 0.3) is 0 Å². The predicted molar refractivity (Wildman–Crippen MR) is 62.6 cm³/mol. The number of nitrogens with zero attached hydrogens (tertiary/aromatic N) is 1. The average Bonchev–Trinajstić information content (AvgIpc) is 2.26. The van der Waals surface area contributed by atoms with E-state index in [0.717, 1.165) is 21.8 Å². The standard InChI is InChI=1S/C13H9NO2/c15-10-3-4-12-9(6-10)5-8-1-2-11(16)7-13(8)14-12/h1-7,15-16H. The highest BCUT2D eigenvalue weighted by Gasteiger charge is 2.01. The molecule has 0 spiro atoms. The number of hydrogen-bond donors (Lipinski definition) is 2. The van der Waals surface area contributed by atoms with Crippen molar-refractivity contribution in [2.45, 2.75) is 0 Å². The number of rotatable bonds is 0. The van der Waals surface area contributed by atoms with Crippen molar-refractivity contribution in [3.05, 3.63) is 42.5 Å². The Bertz CT molecular complexity index is 630. The first-order valence-electron chi connectivity index (χ1n) is 4.95. The van der Waals surface area contributed by atoms with Crippen LogP contribution in [0.5, 0.6) is 11.5 Å². The molecular formula is C13H9NO2. The highest BCUT2D eigenvalue weighted by atomic mass is 16.3. The molecule has 0 radical (unpaired) electrons. The van der Waals surface area contributed by atoms with Gasteiger partial charge in [-0.25, -0.2) is 4.98 Å². The molecule has 0 atom stereocenters. The van der Waals surface area contributed by atoms with E-state index in [1.165, 1.54) is 0 Å². The average molecular weight is 211 g/mol. The van der Waals surface area contributed by atoms with Crippen molar-refractivity contribution >= 4 is 21.8 Å². The van der Waals surface area contributed by atoms with E-state index in [0.29, 0.717) is 0 Å². The maximum atomic E-state index is 9.38. The molecule has 1 heterocycles. The summed E-state index contributed by atoms with van der Waals surface area (Å²) in [6.45, 7) is 0. The molecule has 0 saturated heterocycles. The highest BCUT2D eigenvalue weighted by molar-refractivity contribution is 5.93. The summed E-state index contributed by atoms with van der Waals surface area (Å²) in [4.78, 5) is 4.41. The quantitative estimate of drug-likeness (QED) is 0.562. The normalized spacial score (nSPS) is 11.0. The first kappa shape index (κ1) is 8.97. The number of phenols is 2. The van der Waals surface area contributed by atoms with Gasteiger partial charge in [-0.3, -0.25) is 0 Å². The molecule has 3 rings (SSSR count). The van der Waals surface area contributed by atoms with Crippen molar-refractivity contribution < 1.29 is 10.2 Å². The Morgan fingerprint density at radius 2 is 1.44 bits per heavy atom. The molecule has 0 saturated carbocycles. The Hall–Kier alpha value is -2.29. The third-order valence-corrected chi connectivity index (χ3v) is 2.58. The fraction of sp³-hybridized carbons (Fsp3) is 0.